The van der Waals surface area contributed by atoms with Crippen LogP contribution in [-0.4, -0.2) is 28.6 Å². The van der Waals surface area contributed by atoms with Gasteiger partial charge in [0, 0.05) is 30.4 Å². The van der Waals surface area contributed by atoms with Gasteiger partial charge in [0.05, 0.1) is 12.1 Å². The van der Waals surface area contributed by atoms with Gasteiger partial charge in [-0.1, -0.05) is 31.5 Å². The molecule has 0 spiro atoms. The Morgan fingerprint density at radius 3 is 2.59 bits per heavy atom. The van der Waals surface area contributed by atoms with Crippen LogP contribution in [0.15, 0.2) is 67.0 Å². The molecule has 0 radical (unpaired) electrons. The van der Waals surface area contributed by atoms with E-state index in [1.54, 1.807) is 12.4 Å². The third-order valence-electron chi connectivity index (χ3n) is 4.79. The zero-order valence-corrected chi connectivity index (χ0v) is 16.7. The van der Waals surface area contributed by atoms with Crippen LogP contribution in [0.4, 0.5) is 5.82 Å². The van der Waals surface area contributed by atoms with Gasteiger partial charge in [0.1, 0.15) is 11.6 Å². The molecule has 2 aromatic heterocycles. The van der Waals surface area contributed by atoms with E-state index in [2.05, 4.69) is 41.5 Å². The number of benzene rings is 2. The fourth-order valence-electron chi connectivity index (χ4n) is 3.22. The summed E-state index contributed by atoms with van der Waals surface area (Å²) in [4.78, 5) is 13.6. The minimum Gasteiger partial charge on any atom is -0.494 e. The van der Waals surface area contributed by atoms with Crippen molar-refractivity contribution in [3.63, 3.8) is 0 Å². The Morgan fingerprint density at radius 2 is 1.79 bits per heavy atom. The van der Waals surface area contributed by atoms with Gasteiger partial charge in [-0.25, -0.2) is 9.97 Å². The quantitative estimate of drug-likeness (QED) is 0.422. The average Bonchev–Trinajstić information content (AvgIpc) is 2.79. The van der Waals surface area contributed by atoms with Crippen molar-refractivity contribution in [3.8, 4) is 28.3 Å². The molecule has 5 nitrogen and oxygen atoms in total. The number of unbranched alkanes of at least 4 members (excludes halogenated alkanes) is 1. The van der Waals surface area contributed by atoms with Crippen LogP contribution < -0.4 is 10.1 Å². The third-order valence-corrected chi connectivity index (χ3v) is 4.79. The van der Waals surface area contributed by atoms with E-state index in [9.17, 15) is 0 Å². The van der Waals surface area contributed by atoms with Crippen molar-refractivity contribution in [2.24, 2.45) is 0 Å². The van der Waals surface area contributed by atoms with E-state index < -0.39 is 0 Å². The third kappa shape index (κ3) is 4.19. The van der Waals surface area contributed by atoms with Gasteiger partial charge in [0.15, 0.2) is 5.82 Å². The molecule has 0 aliphatic heterocycles. The van der Waals surface area contributed by atoms with Gasteiger partial charge in [0.2, 0.25) is 0 Å². The van der Waals surface area contributed by atoms with Gasteiger partial charge in [0.25, 0.3) is 0 Å². The maximum absolute atomic E-state index is 5.86. The Hall–Kier alpha value is -3.47. The molecule has 2 aromatic carbocycles. The molecule has 29 heavy (non-hydrogen) atoms. The number of hydrogen-bond donors (Lipinski definition) is 1. The molecule has 2 heterocycles. The number of nitrogens with one attached hydrogen (secondary N) is 1. The van der Waals surface area contributed by atoms with Crippen molar-refractivity contribution < 1.29 is 4.74 Å². The molecular weight excluding hydrogens is 360 g/mol. The molecule has 5 heteroatoms. The Bertz CT molecular complexity index is 1110. The number of ether oxygens (including phenoxy) is 1. The first-order valence-corrected chi connectivity index (χ1v) is 9.91. The van der Waals surface area contributed by atoms with E-state index in [0.29, 0.717) is 5.82 Å². The fraction of sp³-hybridized carbons (Fsp3) is 0.208. The summed E-state index contributed by atoms with van der Waals surface area (Å²) in [5, 5.41) is 4.19. The van der Waals surface area contributed by atoms with Crippen LogP contribution >= 0.6 is 0 Å². The van der Waals surface area contributed by atoms with Crippen LogP contribution in [-0.2, 0) is 0 Å². The lowest BCUT2D eigenvalue weighted by molar-refractivity contribution is 0.309. The summed E-state index contributed by atoms with van der Waals surface area (Å²) >= 11 is 0. The van der Waals surface area contributed by atoms with E-state index >= 15 is 0 Å². The minimum atomic E-state index is 0.661. The SMILES string of the molecule is CCCCOc1cccc(-c2ccc3nc(-c4cccnc4)nc(NC)c3c2)c1. The first kappa shape index (κ1) is 18.9. The predicted molar refractivity (Wildman–Crippen MR) is 118 cm³/mol. The average molecular weight is 384 g/mol. The summed E-state index contributed by atoms with van der Waals surface area (Å²) in [6, 6.07) is 18.3. The van der Waals surface area contributed by atoms with Gasteiger partial charge in [-0.05, 0) is 53.9 Å². The van der Waals surface area contributed by atoms with Crippen LogP contribution in [0.2, 0.25) is 0 Å². The lowest BCUT2D eigenvalue weighted by atomic mass is 10.0. The Morgan fingerprint density at radius 1 is 0.931 bits per heavy atom. The Kier molecular flexibility index (Phi) is 5.66. The number of hydrogen-bond acceptors (Lipinski definition) is 5. The zero-order valence-electron chi connectivity index (χ0n) is 16.7. The monoisotopic (exact) mass is 384 g/mol. The van der Waals surface area contributed by atoms with Crippen LogP contribution in [0.1, 0.15) is 19.8 Å². The lowest BCUT2D eigenvalue weighted by Crippen LogP contribution is -1.99. The largest absolute Gasteiger partial charge is 0.494 e. The molecule has 0 aliphatic rings. The second kappa shape index (κ2) is 8.69. The summed E-state index contributed by atoms with van der Waals surface area (Å²) in [6.45, 7) is 2.91. The highest BCUT2D eigenvalue weighted by molar-refractivity contribution is 5.93. The number of pyridine rings is 1. The maximum Gasteiger partial charge on any atom is 0.163 e. The molecular formula is C24H24N4O. The molecule has 0 saturated carbocycles. The normalized spacial score (nSPS) is 10.8. The predicted octanol–water partition coefficient (Wildman–Crippen LogP) is 5.58. The first-order chi connectivity index (χ1) is 14.3. The molecule has 0 unspecified atom stereocenters. The van der Waals surface area contributed by atoms with Crippen molar-refractivity contribution in [2.45, 2.75) is 19.8 Å². The molecule has 0 saturated heterocycles. The molecule has 0 atom stereocenters. The Labute approximate surface area is 170 Å². The smallest absolute Gasteiger partial charge is 0.163 e. The van der Waals surface area contributed by atoms with E-state index in [1.165, 1.54) is 0 Å². The van der Waals surface area contributed by atoms with Crippen LogP contribution in [0, 0.1) is 0 Å². The van der Waals surface area contributed by atoms with Crippen LogP contribution in [0.5, 0.6) is 5.75 Å². The number of aromatic nitrogens is 3. The molecule has 0 bridgehead atoms. The first-order valence-electron chi connectivity index (χ1n) is 9.91. The highest BCUT2D eigenvalue weighted by atomic mass is 16.5. The molecule has 0 aliphatic carbocycles. The molecule has 4 rings (SSSR count). The second-order valence-electron chi connectivity index (χ2n) is 6.85. The summed E-state index contributed by atoms with van der Waals surface area (Å²) in [6.07, 6.45) is 5.70. The van der Waals surface area contributed by atoms with Crippen molar-refractivity contribution in [2.75, 3.05) is 19.0 Å². The van der Waals surface area contributed by atoms with Gasteiger partial charge in [-0.2, -0.15) is 0 Å². The minimum absolute atomic E-state index is 0.661. The Balaban J connectivity index is 1.72. The van der Waals surface area contributed by atoms with Crippen molar-refractivity contribution in [1.29, 1.82) is 0 Å². The van der Waals surface area contributed by atoms with Crippen molar-refractivity contribution in [1.82, 2.24) is 15.0 Å². The van der Waals surface area contributed by atoms with Gasteiger partial charge in [-0.15, -0.1) is 0 Å². The topological polar surface area (TPSA) is 59.9 Å². The van der Waals surface area contributed by atoms with Gasteiger partial charge in [-0.3, -0.25) is 4.98 Å². The van der Waals surface area contributed by atoms with Crippen molar-refractivity contribution >= 4 is 16.7 Å². The summed E-state index contributed by atoms with van der Waals surface area (Å²) in [5.74, 6) is 2.35. The highest BCUT2D eigenvalue weighted by Crippen LogP contribution is 2.30. The summed E-state index contributed by atoms with van der Waals surface area (Å²) in [5.41, 5.74) is 4.00. The van der Waals surface area contributed by atoms with E-state index in [0.717, 1.165) is 58.6 Å². The van der Waals surface area contributed by atoms with E-state index in [-0.39, 0.29) is 0 Å². The van der Waals surface area contributed by atoms with E-state index in [1.807, 2.05) is 37.4 Å². The maximum atomic E-state index is 5.86. The molecule has 0 amide bonds. The molecule has 146 valence electrons. The molecule has 4 aromatic rings. The van der Waals surface area contributed by atoms with Crippen molar-refractivity contribution in [3.05, 3.63) is 67.0 Å². The number of anilines is 1. The molecule has 0 fully saturated rings. The lowest BCUT2D eigenvalue weighted by Gasteiger charge is -2.11. The highest BCUT2D eigenvalue weighted by Gasteiger charge is 2.10. The van der Waals surface area contributed by atoms with Crippen LogP contribution in [0.3, 0.4) is 0 Å². The number of fused-ring (bicyclic) bond motifs is 1. The summed E-state index contributed by atoms with van der Waals surface area (Å²) in [7, 11) is 1.88. The molecule has 1 N–H and O–H groups in total. The number of rotatable bonds is 7. The fourth-order valence-corrected chi connectivity index (χ4v) is 3.22. The van der Waals surface area contributed by atoms with Gasteiger partial charge < -0.3 is 10.1 Å². The number of nitrogens with zero attached hydrogens (tertiary/aromatic N) is 3. The summed E-state index contributed by atoms with van der Waals surface area (Å²) < 4.78 is 5.86. The van der Waals surface area contributed by atoms with Gasteiger partial charge >= 0.3 is 0 Å². The second-order valence-corrected chi connectivity index (χ2v) is 6.85. The zero-order chi connectivity index (χ0) is 20.1. The standard InChI is InChI=1S/C24H24N4O/c1-3-4-13-29-20-9-5-7-17(14-20)18-10-11-22-21(15-18)24(25-2)28-23(27-22)19-8-6-12-26-16-19/h5-12,14-16H,3-4,13H2,1-2H3,(H,25,27,28). The van der Waals surface area contributed by atoms with Crippen LogP contribution in [0.25, 0.3) is 33.4 Å². The van der Waals surface area contributed by atoms with E-state index in [4.69, 9.17) is 14.7 Å².